The number of ketones is 2. The molecular formula is C19H23N3O2S2. The SMILES string of the molecule is CC(=O)c1c(CC(=O)CSc2nnc3n2CCCCC3)sc2c1CCC2. The fourth-order valence-electron chi connectivity index (χ4n) is 3.93. The van der Waals surface area contributed by atoms with E-state index in [0.29, 0.717) is 12.2 Å². The van der Waals surface area contributed by atoms with Crippen molar-refractivity contribution in [2.45, 2.75) is 70.0 Å². The van der Waals surface area contributed by atoms with E-state index >= 15 is 0 Å². The molecule has 0 amide bonds. The van der Waals surface area contributed by atoms with Crippen LogP contribution in [0, 0.1) is 0 Å². The van der Waals surface area contributed by atoms with Crippen molar-refractivity contribution in [1.29, 1.82) is 0 Å². The number of aryl methyl sites for hydroxylation is 2. The summed E-state index contributed by atoms with van der Waals surface area (Å²) < 4.78 is 2.17. The highest BCUT2D eigenvalue weighted by Crippen LogP contribution is 2.36. The third-order valence-electron chi connectivity index (χ3n) is 5.14. The molecule has 1 aliphatic carbocycles. The van der Waals surface area contributed by atoms with Crippen molar-refractivity contribution < 1.29 is 9.59 Å². The lowest BCUT2D eigenvalue weighted by Gasteiger charge is -2.06. The summed E-state index contributed by atoms with van der Waals surface area (Å²) >= 11 is 3.15. The number of hydrogen-bond donors (Lipinski definition) is 0. The molecule has 0 radical (unpaired) electrons. The maximum atomic E-state index is 12.6. The summed E-state index contributed by atoms with van der Waals surface area (Å²) in [5, 5.41) is 9.42. The van der Waals surface area contributed by atoms with E-state index in [1.54, 1.807) is 18.3 Å². The maximum Gasteiger partial charge on any atom is 0.191 e. The second-order valence-corrected chi connectivity index (χ2v) is 9.21. The number of Topliss-reactive ketones (excluding diaryl/α,β-unsaturated/α-hetero) is 2. The Balaban J connectivity index is 1.43. The largest absolute Gasteiger partial charge is 0.306 e. The fourth-order valence-corrected chi connectivity index (χ4v) is 6.25. The number of aromatic nitrogens is 3. The van der Waals surface area contributed by atoms with Gasteiger partial charge in [0.2, 0.25) is 0 Å². The molecule has 2 aromatic heterocycles. The van der Waals surface area contributed by atoms with Crippen LogP contribution in [0.25, 0.3) is 0 Å². The summed E-state index contributed by atoms with van der Waals surface area (Å²) in [5.41, 5.74) is 2.04. The molecule has 5 nitrogen and oxygen atoms in total. The number of hydrogen-bond acceptors (Lipinski definition) is 6. The van der Waals surface area contributed by atoms with Gasteiger partial charge in [-0.1, -0.05) is 18.2 Å². The Morgan fingerprint density at radius 3 is 2.85 bits per heavy atom. The topological polar surface area (TPSA) is 64.8 Å². The minimum Gasteiger partial charge on any atom is -0.306 e. The van der Waals surface area contributed by atoms with Gasteiger partial charge in [-0.25, -0.2) is 0 Å². The van der Waals surface area contributed by atoms with Gasteiger partial charge in [-0.05, 0) is 44.6 Å². The molecule has 0 aromatic carbocycles. The molecule has 2 aliphatic rings. The van der Waals surface area contributed by atoms with Crippen LogP contribution in [0.5, 0.6) is 0 Å². The Morgan fingerprint density at radius 2 is 2.00 bits per heavy atom. The third-order valence-corrected chi connectivity index (χ3v) is 7.46. The number of nitrogens with zero attached hydrogens (tertiary/aromatic N) is 3. The van der Waals surface area contributed by atoms with Gasteiger partial charge in [0.05, 0.1) is 5.75 Å². The van der Waals surface area contributed by atoms with E-state index in [-0.39, 0.29) is 11.6 Å². The molecule has 0 saturated heterocycles. The average molecular weight is 390 g/mol. The van der Waals surface area contributed by atoms with Crippen molar-refractivity contribution in [2.24, 2.45) is 0 Å². The zero-order chi connectivity index (χ0) is 18.1. The second kappa shape index (κ2) is 7.64. The molecule has 0 saturated carbocycles. The number of thioether (sulfide) groups is 1. The van der Waals surface area contributed by atoms with Gasteiger partial charge in [0.25, 0.3) is 0 Å². The smallest absolute Gasteiger partial charge is 0.191 e. The van der Waals surface area contributed by atoms with Gasteiger partial charge >= 0.3 is 0 Å². The number of thiophene rings is 1. The summed E-state index contributed by atoms with van der Waals surface area (Å²) in [4.78, 5) is 26.9. The molecule has 0 fully saturated rings. The van der Waals surface area contributed by atoms with Gasteiger partial charge in [-0.2, -0.15) is 0 Å². The van der Waals surface area contributed by atoms with E-state index in [1.807, 2.05) is 0 Å². The van der Waals surface area contributed by atoms with Gasteiger partial charge in [-0.3, -0.25) is 9.59 Å². The monoisotopic (exact) mass is 389 g/mol. The summed E-state index contributed by atoms with van der Waals surface area (Å²) in [6.45, 7) is 2.57. The summed E-state index contributed by atoms with van der Waals surface area (Å²) in [6, 6.07) is 0. The standard InChI is InChI=1S/C19H23N3O2S2/c1-12(23)18-14-6-5-7-15(14)26-16(18)10-13(24)11-25-19-21-20-17-8-3-2-4-9-22(17)19/h2-11H2,1H3. The number of carbonyl (C=O) groups excluding carboxylic acids is 2. The zero-order valence-corrected chi connectivity index (χ0v) is 16.7. The normalized spacial score (nSPS) is 16.2. The molecule has 0 atom stereocenters. The molecule has 4 rings (SSSR count). The third kappa shape index (κ3) is 3.51. The summed E-state index contributed by atoms with van der Waals surface area (Å²) in [7, 11) is 0. The Labute approximate surface area is 161 Å². The van der Waals surface area contributed by atoms with Crippen LogP contribution in [0.3, 0.4) is 0 Å². The zero-order valence-electron chi connectivity index (χ0n) is 15.0. The lowest BCUT2D eigenvalue weighted by molar-refractivity contribution is -0.115. The van der Waals surface area contributed by atoms with Gasteiger partial charge < -0.3 is 4.57 Å². The van der Waals surface area contributed by atoms with Crippen LogP contribution in [-0.2, 0) is 37.0 Å². The van der Waals surface area contributed by atoms with Crippen LogP contribution in [0.2, 0.25) is 0 Å². The van der Waals surface area contributed by atoms with Gasteiger partial charge in [0, 0.05) is 34.7 Å². The molecule has 7 heteroatoms. The average Bonchev–Trinajstić information content (AvgIpc) is 3.23. The van der Waals surface area contributed by atoms with Crippen LogP contribution >= 0.6 is 23.1 Å². The van der Waals surface area contributed by atoms with Crippen LogP contribution in [0.4, 0.5) is 0 Å². The van der Waals surface area contributed by atoms with Gasteiger partial charge in [-0.15, -0.1) is 21.5 Å². The first kappa shape index (κ1) is 17.9. The van der Waals surface area contributed by atoms with Gasteiger partial charge in [0.1, 0.15) is 11.6 Å². The predicted molar refractivity (Wildman–Crippen MR) is 103 cm³/mol. The van der Waals surface area contributed by atoms with Crippen molar-refractivity contribution in [3.05, 3.63) is 26.7 Å². The van der Waals surface area contributed by atoms with E-state index in [1.165, 1.54) is 35.0 Å². The first-order valence-electron chi connectivity index (χ1n) is 9.34. The quantitative estimate of drug-likeness (QED) is 0.557. The van der Waals surface area contributed by atoms with E-state index in [9.17, 15) is 9.59 Å². The predicted octanol–water partition coefficient (Wildman–Crippen LogP) is 3.66. The molecule has 0 unspecified atom stereocenters. The molecule has 1 aliphatic heterocycles. The van der Waals surface area contributed by atoms with Crippen LogP contribution in [0.15, 0.2) is 5.16 Å². The van der Waals surface area contributed by atoms with Gasteiger partial charge in [0.15, 0.2) is 10.9 Å². The highest BCUT2D eigenvalue weighted by molar-refractivity contribution is 7.99. The first-order valence-corrected chi connectivity index (χ1v) is 11.1. The Morgan fingerprint density at radius 1 is 1.12 bits per heavy atom. The minimum atomic E-state index is 0.0997. The van der Waals surface area contributed by atoms with Crippen LogP contribution in [0.1, 0.15) is 64.1 Å². The van der Waals surface area contributed by atoms with Crippen LogP contribution in [-0.4, -0.2) is 32.1 Å². The summed E-state index contributed by atoms with van der Waals surface area (Å²) in [5.74, 6) is 1.69. The number of carbonyl (C=O) groups is 2. The summed E-state index contributed by atoms with van der Waals surface area (Å²) in [6.07, 6.45) is 8.04. The molecular weight excluding hydrogens is 366 g/mol. The number of rotatable bonds is 6. The highest BCUT2D eigenvalue weighted by atomic mass is 32.2. The molecule has 3 heterocycles. The minimum absolute atomic E-state index is 0.0997. The maximum absolute atomic E-state index is 12.6. The van der Waals surface area contributed by atoms with Crippen molar-refractivity contribution in [3.63, 3.8) is 0 Å². The van der Waals surface area contributed by atoms with Crippen molar-refractivity contribution in [1.82, 2.24) is 14.8 Å². The fraction of sp³-hybridized carbons (Fsp3) is 0.579. The molecule has 0 N–H and O–H groups in total. The van der Waals surface area contributed by atoms with E-state index < -0.39 is 0 Å². The highest BCUT2D eigenvalue weighted by Gasteiger charge is 2.25. The Hall–Kier alpha value is -1.47. The van der Waals surface area contributed by atoms with E-state index in [2.05, 4.69) is 14.8 Å². The van der Waals surface area contributed by atoms with E-state index in [0.717, 1.165) is 60.1 Å². The van der Waals surface area contributed by atoms with Crippen molar-refractivity contribution >= 4 is 34.7 Å². The number of fused-ring (bicyclic) bond motifs is 2. The lowest BCUT2D eigenvalue weighted by atomic mass is 10.0. The molecule has 0 bridgehead atoms. The molecule has 2 aromatic rings. The van der Waals surface area contributed by atoms with Crippen molar-refractivity contribution in [2.75, 3.05) is 5.75 Å². The Bertz CT molecular complexity index is 853. The molecule has 138 valence electrons. The van der Waals surface area contributed by atoms with Crippen LogP contribution < -0.4 is 0 Å². The Kier molecular flexibility index (Phi) is 5.27. The molecule has 26 heavy (non-hydrogen) atoms. The molecule has 0 spiro atoms. The first-order chi connectivity index (χ1) is 12.6. The second-order valence-electron chi connectivity index (χ2n) is 7.08. The van der Waals surface area contributed by atoms with E-state index in [4.69, 9.17) is 0 Å². The van der Waals surface area contributed by atoms with Crippen molar-refractivity contribution in [3.8, 4) is 0 Å². The lowest BCUT2D eigenvalue weighted by Crippen LogP contribution is -2.09.